The van der Waals surface area contributed by atoms with Gasteiger partial charge in [0.2, 0.25) is 0 Å². The molecule has 1 saturated heterocycles. The van der Waals surface area contributed by atoms with Crippen LogP contribution >= 0.6 is 28.3 Å². The number of nitrogens with one attached hydrogen (secondary N) is 1. The van der Waals surface area contributed by atoms with Crippen molar-refractivity contribution in [2.45, 2.75) is 6.04 Å². The van der Waals surface area contributed by atoms with E-state index in [1.807, 2.05) is 24.3 Å². The summed E-state index contributed by atoms with van der Waals surface area (Å²) in [4.78, 5) is 2.21. The number of benzene rings is 1. The van der Waals surface area contributed by atoms with Crippen LogP contribution in [0.5, 0.6) is 0 Å². The average molecular weight is 324 g/mol. The fraction of sp³-hybridized carbons (Fsp3) is 0.500. The van der Waals surface area contributed by atoms with Crippen LogP contribution in [0, 0.1) is 0 Å². The average Bonchev–Trinajstić information content (AvgIpc) is 2.31. The molecule has 1 fully saturated rings. The van der Waals surface area contributed by atoms with Gasteiger partial charge in [-0.2, -0.15) is 0 Å². The van der Waals surface area contributed by atoms with E-state index in [0.29, 0.717) is 0 Å². The monoisotopic (exact) mass is 322 g/mol. The highest BCUT2D eigenvalue weighted by Crippen LogP contribution is 2.24. The van der Waals surface area contributed by atoms with Gasteiger partial charge in [-0.25, -0.2) is 4.39 Å². The lowest BCUT2D eigenvalue weighted by atomic mass is 10.1. The lowest BCUT2D eigenvalue weighted by molar-refractivity contribution is 0.147. The van der Waals surface area contributed by atoms with E-state index in [2.05, 4.69) is 26.1 Å². The third-order valence-electron chi connectivity index (χ3n) is 2.97. The fourth-order valence-electron chi connectivity index (χ4n) is 2.11. The molecule has 17 heavy (non-hydrogen) atoms. The van der Waals surface area contributed by atoms with E-state index >= 15 is 0 Å². The van der Waals surface area contributed by atoms with Crippen LogP contribution < -0.4 is 5.32 Å². The molecule has 2 rings (SSSR count). The second-order valence-electron chi connectivity index (χ2n) is 4.01. The third kappa shape index (κ3) is 3.91. The highest BCUT2D eigenvalue weighted by Gasteiger charge is 2.21. The van der Waals surface area contributed by atoms with Gasteiger partial charge in [0.05, 0.1) is 6.04 Å². The van der Waals surface area contributed by atoms with Crippen molar-refractivity contribution in [3.05, 3.63) is 34.3 Å². The number of halogens is 3. The van der Waals surface area contributed by atoms with Crippen molar-refractivity contribution < 1.29 is 4.39 Å². The molecule has 0 aromatic heterocycles. The Balaban J connectivity index is 0.00000144. The Labute approximate surface area is 116 Å². The van der Waals surface area contributed by atoms with Crippen molar-refractivity contribution in [2.24, 2.45) is 0 Å². The van der Waals surface area contributed by atoms with Crippen molar-refractivity contribution in [1.29, 1.82) is 0 Å². The minimum Gasteiger partial charge on any atom is -0.314 e. The largest absolute Gasteiger partial charge is 0.314 e. The van der Waals surface area contributed by atoms with Gasteiger partial charge >= 0.3 is 0 Å². The van der Waals surface area contributed by atoms with Crippen LogP contribution in [0.2, 0.25) is 0 Å². The molecule has 5 heteroatoms. The van der Waals surface area contributed by atoms with E-state index in [-0.39, 0.29) is 25.1 Å². The predicted octanol–water partition coefficient (Wildman–Crippen LogP) is 2.79. The summed E-state index contributed by atoms with van der Waals surface area (Å²) < 4.78 is 14.2. The first-order valence-electron chi connectivity index (χ1n) is 5.57. The number of piperazine rings is 1. The van der Waals surface area contributed by atoms with E-state index in [4.69, 9.17) is 0 Å². The number of hydrogen-bond donors (Lipinski definition) is 1. The smallest absolute Gasteiger partial charge is 0.109 e. The van der Waals surface area contributed by atoms with Crippen molar-refractivity contribution in [2.75, 3.05) is 32.9 Å². The molecule has 0 spiro atoms. The summed E-state index contributed by atoms with van der Waals surface area (Å²) in [6.07, 6.45) is 0. The third-order valence-corrected chi connectivity index (χ3v) is 3.47. The Morgan fingerprint density at radius 3 is 2.65 bits per heavy atom. The molecule has 0 bridgehead atoms. The molecular weight excluding hydrogens is 307 g/mol. The molecule has 1 atom stereocenters. The van der Waals surface area contributed by atoms with Gasteiger partial charge in [0.15, 0.2) is 0 Å². The van der Waals surface area contributed by atoms with Crippen molar-refractivity contribution >= 4 is 28.3 Å². The van der Waals surface area contributed by atoms with Gasteiger partial charge in [0, 0.05) is 30.7 Å². The Kier molecular flexibility index (Phi) is 6.41. The van der Waals surface area contributed by atoms with Crippen molar-refractivity contribution in [1.82, 2.24) is 10.2 Å². The second-order valence-corrected chi connectivity index (χ2v) is 4.93. The van der Waals surface area contributed by atoms with Gasteiger partial charge in [0.1, 0.15) is 6.67 Å². The van der Waals surface area contributed by atoms with E-state index in [9.17, 15) is 4.39 Å². The molecule has 1 aliphatic rings. The fourth-order valence-corrected chi connectivity index (χ4v) is 2.52. The van der Waals surface area contributed by atoms with Crippen LogP contribution in [0.1, 0.15) is 11.6 Å². The number of alkyl halides is 1. The Bertz CT molecular complexity index is 345. The molecule has 2 nitrogen and oxygen atoms in total. The lowest BCUT2D eigenvalue weighted by Gasteiger charge is -2.33. The summed E-state index contributed by atoms with van der Waals surface area (Å²) in [5, 5.41) is 3.28. The van der Waals surface area contributed by atoms with Crippen LogP contribution in [-0.2, 0) is 0 Å². The lowest BCUT2D eigenvalue weighted by Crippen LogP contribution is -2.45. The zero-order valence-corrected chi connectivity index (χ0v) is 11.9. The first-order chi connectivity index (χ1) is 7.81. The molecule has 1 aromatic rings. The summed E-state index contributed by atoms with van der Waals surface area (Å²) in [6.45, 7) is 3.41. The molecule has 1 N–H and O–H groups in total. The quantitative estimate of drug-likeness (QED) is 0.920. The van der Waals surface area contributed by atoms with Gasteiger partial charge in [-0.3, -0.25) is 4.90 Å². The van der Waals surface area contributed by atoms with Crippen LogP contribution in [0.15, 0.2) is 28.7 Å². The molecular formula is C12H17BrClFN2. The Morgan fingerprint density at radius 2 is 2.06 bits per heavy atom. The standard InChI is InChI=1S/C12H16BrFN2.ClH/c13-11-3-1-2-10(8-11)12(9-14)16-6-4-15-5-7-16;/h1-3,8,12,15H,4-7,9H2;1H/t12-;/m1./s1. The van der Waals surface area contributed by atoms with Gasteiger partial charge < -0.3 is 5.32 Å². The predicted molar refractivity (Wildman–Crippen MR) is 74.5 cm³/mol. The zero-order valence-electron chi connectivity index (χ0n) is 9.53. The molecule has 1 aliphatic heterocycles. The van der Waals surface area contributed by atoms with E-state index in [1.165, 1.54) is 0 Å². The van der Waals surface area contributed by atoms with Gasteiger partial charge in [-0.1, -0.05) is 28.1 Å². The molecule has 1 aromatic carbocycles. The van der Waals surface area contributed by atoms with Crippen LogP contribution in [0.4, 0.5) is 4.39 Å². The van der Waals surface area contributed by atoms with Crippen molar-refractivity contribution in [3.8, 4) is 0 Å². The molecule has 0 unspecified atom stereocenters. The molecule has 0 saturated carbocycles. The minimum absolute atomic E-state index is 0. The molecule has 0 amide bonds. The second kappa shape index (κ2) is 7.31. The maximum Gasteiger partial charge on any atom is 0.109 e. The molecule has 1 heterocycles. The van der Waals surface area contributed by atoms with Crippen LogP contribution in [-0.4, -0.2) is 37.8 Å². The summed E-state index contributed by atoms with van der Waals surface area (Å²) in [7, 11) is 0. The first-order valence-corrected chi connectivity index (χ1v) is 6.37. The van der Waals surface area contributed by atoms with Crippen molar-refractivity contribution in [3.63, 3.8) is 0 Å². The minimum atomic E-state index is -0.323. The van der Waals surface area contributed by atoms with E-state index in [1.54, 1.807) is 0 Å². The maximum absolute atomic E-state index is 13.2. The van der Waals surface area contributed by atoms with Gasteiger partial charge in [-0.15, -0.1) is 12.4 Å². The van der Waals surface area contributed by atoms with E-state index in [0.717, 1.165) is 36.2 Å². The van der Waals surface area contributed by atoms with Crippen LogP contribution in [0.25, 0.3) is 0 Å². The zero-order chi connectivity index (χ0) is 11.4. The summed E-state index contributed by atoms with van der Waals surface area (Å²) in [5.41, 5.74) is 1.05. The summed E-state index contributed by atoms with van der Waals surface area (Å²) in [5.74, 6) is 0. The first kappa shape index (κ1) is 14.9. The highest BCUT2D eigenvalue weighted by molar-refractivity contribution is 9.10. The van der Waals surface area contributed by atoms with Gasteiger partial charge in [-0.05, 0) is 17.7 Å². The molecule has 0 radical (unpaired) electrons. The van der Waals surface area contributed by atoms with E-state index < -0.39 is 0 Å². The number of nitrogens with zero attached hydrogens (tertiary/aromatic N) is 1. The number of rotatable bonds is 3. The number of hydrogen-bond acceptors (Lipinski definition) is 2. The molecule has 96 valence electrons. The maximum atomic E-state index is 13.2. The Hall–Kier alpha value is -0.160. The summed E-state index contributed by atoms with van der Waals surface area (Å²) in [6, 6.07) is 7.84. The molecule has 0 aliphatic carbocycles. The topological polar surface area (TPSA) is 15.3 Å². The van der Waals surface area contributed by atoms with Gasteiger partial charge in [0.25, 0.3) is 0 Å². The SMILES string of the molecule is Cl.FC[C@H](c1cccc(Br)c1)N1CCNCC1. The van der Waals surface area contributed by atoms with Crippen LogP contribution in [0.3, 0.4) is 0 Å². The summed E-state index contributed by atoms with van der Waals surface area (Å²) >= 11 is 3.43. The normalized spacial score (nSPS) is 18.5. The highest BCUT2D eigenvalue weighted by atomic mass is 79.9. The Morgan fingerprint density at radius 1 is 1.35 bits per heavy atom.